The fourth-order valence-corrected chi connectivity index (χ4v) is 1.59. The Bertz CT molecular complexity index is 160. The minimum Gasteiger partial charge on any atom is -0.481 e. The van der Waals surface area contributed by atoms with E-state index in [2.05, 4.69) is 0 Å². The van der Waals surface area contributed by atoms with Gasteiger partial charge in [0.25, 0.3) is 0 Å². The highest BCUT2D eigenvalue weighted by Crippen LogP contribution is 2.35. The van der Waals surface area contributed by atoms with Gasteiger partial charge in [0.15, 0.2) is 0 Å². The molecule has 3 unspecified atom stereocenters. The van der Waals surface area contributed by atoms with Crippen LogP contribution >= 0.6 is 0 Å². The lowest BCUT2D eigenvalue weighted by atomic mass is 9.85. The standard InChI is InChI=1S/C7H11BO3/c8-5-1-4(2-7(10)11)6(9)3-5/h4-6,9H,1-3H2,(H,10,11). The van der Waals surface area contributed by atoms with Crippen molar-refractivity contribution < 1.29 is 15.0 Å². The third-order valence-electron chi connectivity index (χ3n) is 2.13. The molecule has 1 fully saturated rings. The second kappa shape index (κ2) is 3.26. The summed E-state index contributed by atoms with van der Waals surface area (Å²) in [6, 6.07) is 0. The highest BCUT2D eigenvalue weighted by atomic mass is 16.4. The number of carboxylic acids is 1. The van der Waals surface area contributed by atoms with Gasteiger partial charge in [-0.1, -0.05) is 12.2 Å². The summed E-state index contributed by atoms with van der Waals surface area (Å²) < 4.78 is 0. The van der Waals surface area contributed by atoms with Crippen LogP contribution in [-0.4, -0.2) is 30.1 Å². The zero-order valence-corrected chi connectivity index (χ0v) is 6.23. The lowest BCUT2D eigenvalue weighted by Crippen LogP contribution is -2.16. The Balaban J connectivity index is 2.40. The summed E-state index contributed by atoms with van der Waals surface area (Å²) in [6.07, 6.45) is 0.696. The molecule has 3 atom stereocenters. The quantitative estimate of drug-likeness (QED) is 0.558. The molecule has 4 heteroatoms. The van der Waals surface area contributed by atoms with Crippen LogP contribution in [0.1, 0.15) is 19.3 Å². The number of carbonyl (C=O) groups is 1. The number of carboxylic acid groups (broad SMARTS) is 1. The van der Waals surface area contributed by atoms with Crippen molar-refractivity contribution >= 4 is 13.8 Å². The van der Waals surface area contributed by atoms with Crippen LogP contribution in [0.5, 0.6) is 0 Å². The van der Waals surface area contributed by atoms with E-state index in [9.17, 15) is 9.90 Å². The smallest absolute Gasteiger partial charge is 0.303 e. The molecule has 0 saturated heterocycles. The van der Waals surface area contributed by atoms with Gasteiger partial charge in [-0.25, -0.2) is 0 Å². The number of hydrogen-bond acceptors (Lipinski definition) is 2. The first kappa shape index (κ1) is 8.59. The maximum Gasteiger partial charge on any atom is 0.303 e. The van der Waals surface area contributed by atoms with E-state index in [0.29, 0.717) is 12.8 Å². The lowest BCUT2D eigenvalue weighted by molar-refractivity contribution is -0.138. The van der Waals surface area contributed by atoms with Crippen molar-refractivity contribution in [3.8, 4) is 0 Å². The average Bonchev–Trinajstić information content (AvgIpc) is 2.09. The molecule has 1 aliphatic rings. The van der Waals surface area contributed by atoms with Crippen molar-refractivity contribution in [1.82, 2.24) is 0 Å². The summed E-state index contributed by atoms with van der Waals surface area (Å²) in [4.78, 5) is 10.3. The van der Waals surface area contributed by atoms with E-state index < -0.39 is 12.1 Å². The molecular formula is C7H11BO3. The summed E-state index contributed by atoms with van der Waals surface area (Å²) in [6.45, 7) is 0. The summed E-state index contributed by atoms with van der Waals surface area (Å²) in [5, 5.41) is 17.7. The topological polar surface area (TPSA) is 57.5 Å². The monoisotopic (exact) mass is 154 g/mol. The second-order valence-corrected chi connectivity index (χ2v) is 3.16. The molecule has 60 valence electrons. The minimum atomic E-state index is -0.858. The fourth-order valence-electron chi connectivity index (χ4n) is 1.59. The van der Waals surface area contributed by atoms with E-state index in [4.69, 9.17) is 13.0 Å². The lowest BCUT2D eigenvalue weighted by Gasteiger charge is -2.10. The van der Waals surface area contributed by atoms with Crippen LogP contribution in [-0.2, 0) is 4.79 Å². The summed E-state index contributed by atoms with van der Waals surface area (Å²) >= 11 is 0. The van der Waals surface area contributed by atoms with Crippen molar-refractivity contribution in [1.29, 1.82) is 0 Å². The van der Waals surface area contributed by atoms with Gasteiger partial charge in [-0.15, -0.1) is 0 Å². The second-order valence-electron chi connectivity index (χ2n) is 3.16. The van der Waals surface area contributed by atoms with Crippen LogP contribution in [0.15, 0.2) is 0 Å². The van der Waals surface area contributed by atoms with Gasteiger partial charge in [0, 0.05) is 0 Å². The maximum atomic E-state index is 10.3. The van der Waals surface area contributed by atoms with E-state index in [1.165, 1.54) is 0 Å². The summed E-state index contributed by atoms with van der Waals surface area (Å²) in [5.74, 6) is -1.01. The SMILES string of the molecule is [B]C1CC(O)C(CC(=O)O)C1. The molecule has 2 N–H and O–H groups in total. The fraction of sp³-hybridized carbons (Fsp3) is 0.857. The molecule has 0 spiro atoms. The molecule has 1 rings (SSSR count). The zero-order chi connectivity index (χ0) is 8.43. The number of aliphatic carboxylic acids is 1. The Labute approximate surface area is 66.8 Å². The van der Waals surface area contributed by atoms with Crippen molar-refractivity contribution in [3.63, 3.8) is 0 Å². The summed E-state index contributed by atoms with van der Waals surface area (Å²) in [7, 11) is 5.54. The highest BCUT2D eigenvalue weighted by molar-refractivity contribution is 6.11. The average molecular weight is 154 g/mol. The Morgan fingerprint density at radius 3 is 2.55 bits per heavy atom. The van der Waals surface area contributed by atoms with Crippen molar-refractivity contribution in [2.45, 2.75) is 31.2 Å². The van der Waals surface area contributed by atoms with E-state index in [0.717, 1.165) is 0 Å². The molecule has 0 heterocycles. The number of rotatable bonds is 2. The Hall–Kier alpha value is -0.505. The molecular weight excluding hydrogens is 143 g/mol. The van der Waals surface area contributed by atoms with Crippen molar-refractivity contribution in [3.05, 3.63) is 0 Å². The number of aliphatic hydroxyl groups is 1. The zero-order valence-electron chi connectivity index (χ0n) is 6.23. The van der Waals surface area contributed by atoms with Crippen molar-refractivity contribution in [2.75, 3.05) is 0 Å². The van der Waals surface area contributed by atoms with Crippen LogP contribution < -0.4 is 0 Å². The first-order chi connectivity index (χ1) is 5.09. The molecule has 1 aliphatic carbocycles. The van der Waals surface area contributed by atoms with E-state index >= 15 is 0 Å². The van der Waals surface area contributed by atoms with Gasteiger partial charge < -0.3 is 10.2 Å². The molecule has 1 saturated carbocycles. The molecule has 0 aromatic heterocycles. The first-order valence-electron chi connectivity index (χ1n) is 3.75. The number of hydrogen-bond donors (Lipinski definition) is 2. The summed E-state index contributed by atoms with van der Waals surface area (Å²) in [5.41, 5.74) is 0. The van der Waals surface area contributed by atoms with Gasteiger partial charge in [0.2, 0.25) is 0 Å². The maximum absolute atomic E-state index is 10.3. The van der Waals surface area contributed by atoms with Gasteiger partial charge in [-0.3, -0.25) is 4.79 Å². The molecule has 0 aromatic rings. The molecule has 0 aliphatic heterocycles. The highest BCUT2D eigenvalue weighted by Gasteiger charge is 2.31. The predicted octanol–water partition coefficient (Wildman–Crippen LogP) is 0.189. The van der Waals surface area contributed by atoms with E-state index in [-0.39, 0.29) is 18.2 Å². The molecule has 11 heavy (non-hydrogen) atoms. The van der Waals surface area contributed by atoms with Crippen LogP contribution in [0.2, 0.25) is 5.82 Å². The molecule has 3 nitrogen and oxygen atoms in total. The van der Waals surface area contributed by atoms with Crippen LogP contribution in [0.25, 0.3) is 0 Å². The van der Waals surface area contributed by atoms with Gasteiger partial charge in [-0.2, -0.15) is 0 Å². The molecule has 0 amide bonds. The first-order valence-corrected chi connectivity index (χ1v) is 3.75. The largest absolute Gasteiger partial charge is 0.481 e. The van der Waals surface area contributed by atoms with E-state index in [1.54, 1.807) is 0 Å². The van der Waals surface area contributed by atoms with Gasteiger partial charge in [-0.05, 0) is 12.3 Å². The van der Waals surface area contributed by atoms with Crippen LogP contribution in [0, 0.1) is 5.92 Å². The van der Waals surface area contributed by atoms with Crippen molar-refractivity contribution in [2.24, 2.45) is 5.92 Å². The van der Waals surface area contributed by atoms with Crippen LogP contribution in [0.4, 0.5) is 0 Å². The van der Waals surface area contributed by atoms with Crippen LogP contribution in [0.3, 0.4) is 0 Å². The molecule has 0 bridgehead atoms. The molecule has 2 radical (unpaired) electrons. The third kappa shape index (κ3) is 2.22. The third-order valence-corrected chi connectivity index (χ3v) is 2.13. The normalized spacial score (nSPS) is 37.4. The van der Waals surface area contributed by atoms with Gasteiger partial charge in [0.05, 0.1) is 20.4 Å². The predicted molar refractivity (Wildman–Crippen MR) is 40.5 cm³/mol. The molecule has 0 aromatic carbocycles. The van der Waals surface area contributed by atoms with Gasteiger partial charge >= 0.3 is 5.97 Å². The van der Waals surface area contributed by atoms with E-state index in [1.807, 2.05) is 0 Å². The minimum absolute atomic E-state index is 0.0191. The Morgan fingerprint density at radius 1 is 1.55 bits per heavy atom. The Kier molecular flexibility index (Phi) is 2.55. The van der Waals surface area contributed by atoms with Gasteiger partial charge in [0.1, 0.15) is 0 Å². The Morgan fingerprint density at radius 2 is 2.18 bits per heavy atom. The number of aliphatic hydroxyl groups excluding tert-OH is 1.